The molecule has 0 bridgehead atoms. The highest BCUT2D eigenvalue weighted by molar-refractivity contribution is 7.87. The molecule has 2 rings (SSSR count). The highest BCUT2D eigenvalue weighted by Gasteiger charge is 2.25. The normalized spacial score (nSPS) is 19.3. The van der Waals surface area contributed by atoms with Crippen LogP contribution in [0.2, 0.25) is 5.02 Å². The van der Waals surface area contributed by atoms with Gasteiger partial charge in [-0.3, -0.25) is 0 Å². The van der Waals surface area contributed by atoms with Crippen molar-refractivity contribution in [3.63, 3.8) is 0 Å². The molecule has 1 aliphatic heterocycles. The van der Waals surface area contributed by atoms with E-state index in [9.17, 15) is 8.42 Å². The van der Waals surface area contributed by atoms with E-state index in [-0.39, 0.29) is 6.04 Å². The molecule has 1 fully saturated rings. The van der Waals surface area contributed by atoms with E-state index in [0.29, 0.717) is 31.2 Å². The third-order valence-electron chi connectivity index (χ3n) is 3.11. The summed E-state index contributed by atoms with van der Waals surface area (Å²) in [5.41, 5.74) is 0.892. The molecule has 0 aliphatic carbocycles. The van der Waals surface area contributed by atoms with Gasteiger partial charge in [-0.05, 0) is 24.6 Å². The molecule has 1 aliphatic rings. The summed E-state index contributed by atoms with van der Waals surface area (Å²) in [7, 11) is -3.43. The van der Waals surface area contributed by atoms with Crippen molar-refractivity contribution in [1.29, 1.82) is 0 Å². The summed E-state index contributed by atoms with van der Waals surface area (Å²) in [6.45, 7) is 4.21. The smallest absolute Gasteiger partial charge is 0.280 e. The highest BCUT2D eigenvalue weighted by Crippen LogP contribution is 2.17. The number of rotatable bonds is 4. The van der Waals surface area contributed by atoms with Crippen LogP contribution < -0.4 is 10.0 Å². The maximum atomic E-state index is 12.2. The summed E-state index contributed by atoms with van der Waals surface area (Å²) < 4.78 is 28.6. The first-order chi connectivity index (χ1) is 8.99. The molecule has 1 heterocycles. The summed E-state index contributed by atoms with van der Waals surface area (Å²) in [5.74, 6) is 0. The predicted octanol–water partition coefficient (Wildman–Crippen LogP) is 1.14. The van der Waals surface area contributed by atoms with Gasteiger partial charge >= 0.3 is 0 Å². The number of piperazine rings is 1. The first kappa shape index (κ1) is 14.7. The van der Waals surface area contributed by atoms with Gasteiger partial charge in [-0.15, -0.1) is 0 Å². The van der Waals surface area contributed by atoms with E-state index >= 15 is 0 Å². The monoisotopic (exact) mass is 303 g/mol. The van der Waals surface area contributed by atoms with Gasteiger partial charge in [-0.1, -0.05) is 23.7 Å². The Bertz CT molecular complexity index is 512. The van der Waals surface area contributed by atoms with Gasteiger partial charge < -0.3 is 5.32 Å². The molecule has 5 nitrogen and oxygen atoms in total. The second-order valence-electron chi connectivity index (χ2n) is 4.55. The largest absolute Gasteiger partial charge is 0.314 e. The quantitative estimate of drug-likeness (QED) is 0.877. The molecule has 2 N–H and O–H groups in total. The summed E-state index contributed by atoms with van der Waals surface area (Å²) in [6.07, 6.45) is 0. The minimum Gasteiger partial charge on any atom is -0.314 e. The lowest BCUT2D eigenvalue weighted by Crippen LogP contribution is -2.50. The molecule has 1 atom stereocenters. The maximum Gasteiger partial charge on any atom is 0.280 e. The van der Waals surface area contributed by atoms with Crippen LogP contribution in [0.1, 0.15) is 18.5 Å². The molecule has 0 aromatic heterocycles. The van der Waals surface area contributed by atoms with E-state index in [1.165, 1.54) is 4.31 Å². The second kappa shape index (κ2) is 6.19. The van der Waals surface area contributed by atoms with Gasteiger partial charge in [0.1, 0.15) is 0 Å². The number of halogens is 1. The van der Waals surface area contributed by atoms with E-state index in [1.807, 2.05) is 19.1 Å². The fourth-order valence-corrected chi connectivity index (χ4v) is 3.52. The Hall–Kier alpha value is -0.660. The van der Waals surface area contributed by atoms with Crippen molar-refractivity contribution >= 4 is 21.8 Å². The Labute approximate surface area is 119 Å². The van der Waals surface area contributed by atoms with Crippen molar-refractivity contribution in [2.75, 3.05) is 26.2 Å². The molecular weight excluding hydrogens is 286 g/mol. The van der Waals surface area contributed by atoms with Crippen molar-refractivity contribution in [1.82, 2.24) is 14.3 Å². The minimum absolute atomic E-state index is 0.280. The zero-order chi connectivity index (χ0) is 13.9. The Balaban J connectivity index is 2.04. The molecule has 106 valence electrons. The fraction of sp³-hybridized carbons (Fsp3) is 0.500. The highest BCUT2D eigenvalue weighted by atomic mass is 35.5. The lowest BCUT2D eigenvalue weighted by atomic mass is 10.1. The standard InChI is InChI=1S/C12H18ClN3O2S/c1-10(11-2-4-12(13)5-3-11)15-19(17,18)16-8-6-14-7-9-16/h2-5,10,14-15H,6-9H2,1H3. The number of benzene rings is 1. The van der Waals surface area contributed by atoms with Crippen molar-refractivity contribution < 1.29 is 8.42 Å². The van der Waals surface area contributed by atoms with Crippen LogP contribution in [0.25, 0.3) is 0 Å². The third-order valence-corrected chi connectivity index (χ3v) is 5.06. The van der Waals surface area contributed by atoms with Crippen LogP contribution in [-0.2, 0) is 10.2 Å². The van der Waals surface area contributed by atoms with Crippen LogP contribution in [-0.4, -0.2) is 38.9 Å². The molecule has 1 aromatic carbocycles. The molecule has 0 amide bonds. The van der Waals surface area contributed by atoms with Crippen LogP contribution in [0.15, 0.2) is 24.3 Å². The zero-order valence-electron chi connectivity index (χ0n) is 10.8. The molecule has 1 saturated heterocycles. The molecular formula is C12H18ClN3O2S. The first-order valence-electron chi connectivity index (χ1n) is 6.22. The molecule has 1 aromatic rings. The van der Waals surface area contributed by atoms with Gasteiger partial charge in [0.25, 0.3) is 10.2 Å². The lowest BCUT2D eigenvalue weighted by molar-refractivity contribution is 0.352. The van der Waals surface area contributed by atoms with E-state index in [4.69, 9.17) is 11.6 Å². The first-order valence-corrected chi connectivity index (χ1v) is 8.04. The fourth-order valence-electron chi connectivity index (χ4n) is 2.00. The second-order valence-corrected chi connectivity index (χ2v) is 6.68. The maximum absolute atomic E-state index is 12.2. The average molecular weight is 304 g/mol. The van der Waals surface area contributed by atoms with Gasteiger partial charge in [-0.25, -0.2) is 0 Å². The number of nitrogens with zero attached hydrogens (tertiary/aromatic N) is 1. The summed E-state index contributed by atoms with van der Waals surface area (Å²) in [5, 5.41) is 3.77. The van der Waals surface area contributed by atoms with E-state index in [0.717, 1.165) is 5.56 Å². The molecule has 0 spiro atoms. The number of hydrogen-bond donors (Lipinski definition) is 2. The van der Waals surface area contributed by atoms with Crippen LogP contribution >= 0.6 is 11.6 Å². The Morgan fingerprint density at radius 2 is 1.84 bits per heavy atom. The van der Waals surface area contributed by atoms with Gasteiger partial charge in [0.05, 0.1) is 0 Å². The Morgan fingerprint density at radius 1 is 1.26 bits per heavy atom. The van der Waals surface area contributed by atoms with Crippen molar-refractivity contribution in [2.24, 2.45) is 0 Å². The molecule has 1 unspecified atom stereocenters. The lowest BCUT2D eigenvalue weighted by Gasteiger charge is -2.28. The number of nitrogens with one attached hydrogen (secondary N) is 2. The van der Waals surface area contributed by atoms with Gasteiger partial charge in [0.15, 0.2) is 0 Å². The molecule has 0 saturated carbocycles. The van der Waals surface area contributed by atoms with E-state index < -0.39 is 10.2 Å². The van der Waals surface area contributed by atoms with E-state index in [2.05, 4.69) is 10.0 Å². The molecule has 0 radical (unpaired) electrons. The molecule has 19 heavy (non-hydrogen) atoms. The summed E-state index contributed by atoms with van der Waals surface area (Å²) in [6, 6.07) is 6.89. The molecule has 7 heteroatoms. The van der Waals surface area contributed by atoms with E-state index in [1.54, 1.807) is 12.1 Å². The van der Waals surface area contributed by atoms with Crippen molar-refractivity contribution in [2.45, 2.75) is 13.0 Å². The van der Waals surface area contributed by atoms with Gasteiger partial charge in [0, 0.05) is 37.2 Å². The summed E-state index contributed by atoms with van der Waals surface area (Å²) >= 11 is 5.82. The topological polar surface area (TPSA) is 61.4 Å². The van der Waals surface area contributed by atoms with Crippen molar-refractivity contribution in [3.05, 3.63) is 34.9 Å². The van der Waals surface area contributed by atoms with Crippen LogP contribution in [0, 0.1) is 0 Å². The van der Waals surface area contributed by atoms with Gasteiger partial charge in [-0.2, -0.15) is 17.4 Å². The number of hydrogen-bond acceptors (Lipinski definition) is 3. The van der Waals surface area contributed by atoms with Gasteiger partial charge in [0.2, 0.25) is 0 Å². The third kappa shape index (κ3) is 3.90. The SMILES string of the molecule is CC(NS(=O)(=O)N1CCNCC1)c1ccc(Cl)cc1. The van der Waals surface area contributed by atoms with Crippen LogP contribution in [0.4, 0.5) is 0 Å². The minimum atomic E-state index is -3.43. The van der Waals surface area contributed by atoms with Crippen LogP contribution in [0.3, 0.4) is 0 Å². The summed E-state index contributed by atoms with van der Waals surface area (Å²) in [4.78, 5) is 0. The average Bonchev–Trinajstić information content (AvgIpc) is 2.40. The Morgan fingerprint density at radius 3 is 2.42 bits per heavy atom. The van der Waals surface area contributed by atoms with Crippen LogP contribution in [0.5, 0.6) is 0 Å². The van der Waals surface area contributed by atoms with Crippen molar-refractivity contribution in [3.8, 4) is 0 Å². The Kier molecular flexibility index (Phi) is 4.81. The predicted molar refractivity (Wildman–Crippen MR) is 76.4 cm³/mol. The zero-order valence-corrected chi connectivity index (χ0v) is 12.3.